The van der Waals surface area contributed by atoms with E-state index >= 15 is 0 Å². The predicted octanol–water partition coefficient (Wildman–Crippen LogP) is 6.89. The molecule has 1 atom stereocenters. The van der Waals surface area contributed by atoms with E-state index in [0.29, 0.717) is 42.5 Å². The average molecular weight is 892 g/mol. The summed E-state index contributed by atoms with van der Waals surface area (Å²) >= 11 is 0. The first-order chi connectivity index (χ1) is 31.6. The van der Waals surface area contributed by atoms with Crippen LogP contribution < -0.4 is 31.5 Å². The fraction of sp³-hybridized carbons (Fsp3) is 0.408. The lowest BCUT2D eigenvalue weighted by molar-refractivity contribution is -0.133. The lowest BCUT2D eigenvalue weighted by Crippen LogP contribution is -2.47. The van der Waals surface area contributed by atoms with Crippen LogP contribution in [0.1, 0.15) is 83.2 Å². The Bertz CT molecular complexity index is 2380. The summed E-state index contributed by atoms with van der Waals surface area (Å²) in [5, 5.41) is 23.0. The number of anilines is 4. The van der Waals surface area contributed by atoms with Crippen LogP contribution in [0.2, 0.25) is 0 Å². The Morgan fingerprint density at radius 2 is 1.60 bits per heavy atom. The minimum absolute atomic E-state index is 0.145. The van der Waals surface area contributed by atoms with Crippen molar-refractivity contribution < 1.29 is 32.7 Å². The van der Waals surface area contributed by atoms with Gasteiger partial charge in [0, 0.05) is 105 Å². The van der Waals surface area contributed by atoms with E-state index in [9.17, 15) is 28.0 Å². The monoisotopic (exact) mass is 891 g/mol. The summed E-state index contributed by atoms with van der Waals surface area (Å²) in [5.41, 5.74) is 6.34. The molecule has 0 saturated carbocycles. The molecule has 4 heterocycles. The van der Waals surface area contributed by atoms with Gasteiger partial charge < -0.3 is 30.9 Å². The summed E-state index contributed by atoms with van der Waals surface area (Å²) in [4.78, 5) is 52.6. The van der Waals surface area contributed by atoms with E-state index in [1.165, 1.54) is 17.8 Å². The normalized spacial score (nSPS) is 16.9. The maximum atomic E-state index is 13.2. The Morgan fingerprint density at radius 1 is 0.846 bits per heavy atom. The number of unbranched alkanes of at least 4 members (excludes halogenated alkanes) is 3. The van der Waals surface area contributed by atoms with Crippen molar-refractivity contribution in [3.05, 3.63) is 113 Å². The Labute approximate surface area is 378 Å². The number of hydrogen-bond acceptors (Lipinski definition) is 11. The Balaban J connectivity index is 0.000000261. The van der Waals surface area contributed by atoms with Crippen molar-refractivity contribution in [2.24, 2.45) is 0 Å². The predicted molar refractivity (Wildman–Crippen MR) is 250 cm³/mol. The minimum atomic E-state index is -0.555. The molecular formula is C49H59F2N9O5. The third kappa shape index (κ3) is 13.3. The second-order valence-corrected chi connectivity index (χ2v) is 16.8. The summed E-state index contributed by atoms with van der Waals surface area (Å²) in [6.45, 7) is 7.15. The van der Waals surface area contributed by atoms with Gasteiger partial charge in [-0.2, -0.15) is 5.10 Å². The first kappa shape index (κ1) is 46.6. The summed E-state index contributed by atoms with van der Waals surface area (Å²) in [6, 6.07) is 22.7. The van der Waals surface area contributed by atoms with Crippen molar-refractivity contribution in [2.75, 3.05) is 80.4 Å². The number of imide groups is 1. The number of amides is 3. The largest absolute Gasteiger partial charge is 0.382 e. The third-order valence-corrected chi connectivity index (χ3v) is 12.1. The molecule has 344 valence electrons. The van der Waals surface area contributed by atoms with E-state index in [1.54, 1.807) is 19.2 Å². The Hall–Kier alpha value is -6.39. The number of piperidine rings is 1. The molecule has 0 aliphatic carbocycles. The van der Waals surface area contributed by atoms with Crippen molar-refractivity contribution in [3.63, 3.8) is 0 Å². The summed E-state index contributed by atoms with van der Waals surface area (Å²) in [7, 11) is 1.80. The van der Waals surface area contributed by atoms with Crippen LogP contribution >= 0.6 is 0 Å². The lowest BCUT2D eigenvalue weighted by Gasteiger charge is -2.36. The van der Waals surface area contributed by atoms with E-state index in [-0.39, 0.29) is 29.8 Å². The molecule has 0 radical (unpaired) electrons. The van der Waals surface area contributed by atoms with Crippen LogP contribution in [0.5, 0.6) is 0 Å². The number of hydrogen-bond donors (Lipinski definition) is 6. The third-order valence-electron chi connectivity index (χ3n) is 12.1. The van der Waals surface area contributed by atoms with Gasteiger partial charge in [0.2, 0.25) is 11.8 Å². The van der Waals surface area contributed by atoms with Gasteiger partial charge in [-0.15, -0.1) is 0 Å². The Kier molecular flexibility index (Phi) is 16.5. The Morgan fingerprint density at radius 3 is 2.32 bits per heavy atom. The van der Waals surface area contributed by atoms with Crippen molar-refractivity contribution in [2.45, 2.75) is 69.9 Å². The van der Waals surface area contributed by atoms with Crippen LogP contribution in [0.3, 0.4) is 0 Å². The molecule has 3 aliphatic rings. The van der Waals surface area contributed by atoms with Gasteiger partial charge in [0.1, 0.15) is 17.7 Å². The SMILES string of the molecule is CNc1n[nH]c2ccc(Cc3cc(F)cc(F)c3)cc12.O=Cc1cc(C(=O)NCCCCCCN2CCN(c3ccc(NC4CCC(=O)NC4=O)cc3)CC2)ccc1NC1CCOCC1. The second kappa shape index (κ2) is 23.0. The number of H-pyrrole nitrogens is 1. The topological polar surface area (TPSA) is 173 Å². The van der Waals surface area contributed by atoms with E-state index in [2.05, 4.69) is 58.7 Å². The summed E-state index contributed by atoms with van der Waals surface area (Å²) < 4.78 is 31.8. The number of nitrogens with one attached hydrogen (secondary N) is 6. The van der Waals surface area contributed by atoms with Gasteiger partial charge in [-0.1, -0.05) is 18.9 Å². The number of fused-ring (bicyclic) bond motifs is 1. The average Bonchev–Trinajstić information content (AvgIpc) is 3.73. The van der Waals surface area contributed by atoms with Crippen LogP contribution in [0, 0.1) is 11.6 Å². The zero-order valence-corrected chi connectivity index (χ0v) is 36.9. The standard InChI is InChI=1S/C34H46N6O5.C15H13F2N3/c41-24-26-23-25(5-10-30(26)36-28-13-21-45-22-14-28)33(43)35-15-3-1-2-4-16-39-17-19-40(20-18-39)29-8-6-27(7-9-29)37-31-11-12-32(42)38-34(31)44;1-18-15-13-7-9(2-3-14(13)19-20-15)4-10-5-11(16)8-12(17)6-10/h5-10,23-24,28,31,36-37H,1-4,11-22H2,(H,35,43)(H,38,42,44);2-3,5-8H,4H2,1H3,(H2,18,19,20). The number of halogens is 2. The molecule has 65 heavy (non-hydrogen) atoms. The molecule has 5 aromatic rings. The fourth-order valence-corrected chi connectivity index (χ4v) is 8.45. The zero-order valence-electron chi connectivity index (χ0n) is 36.9. The van der Waals surface area contributed by atoms with E-state index in [0.717, 1.165) is 130 Å². The molecule has 3 saturated heterocycles. The molecule has 6 N–H and O–H groups in total. The van der Waals surface area contributed by atoms with Gasteiger partial charge in [-0.3, -0.25) is 34.5 Å². The highest BCUT2D eigenvalue weighted by Gasteiger charge is 2.26. The number of aromatic nitrogens is 2. The van der Waals surface area contributed by atoms with Gasteiger partial charge >= 0.3 is 0 Å². The fourth-order valence-electron chi connectivity index (χ4n) is 8.45. The van der Waals surface area contributed by atoms with Gasteiger partial charge in [0.05, 0.1) is 5.52 Å². The number of ether oxygens (including phenoxy) is 1. The number of benzene rings is 4. The smallest absolute Gasteiger partial charge is 0.251 e. The van der Waals surface area contributed by atoms with Crippen LogP contribution in [-0.2, 0) is 20.7 Å². The molecule has 3 amide bonds. The van der Waals surface area contributed by atoms with Gasteiger partial charge in [-0.05, 0) is 123 Å². The molecule has 1 unspecified atom stereocenters. The van der Waals surface area contributed by atoms with Crippen LogP contribution in [0.15, 0.2) is 78.9 Å². The molecule has 3 fully saturated rings. The molecule has 3 aliphatic heterocycles. The van der Waals surface area contributed by atoms with E-state index in [4.69, 9.17) is 4.74 Å². The molecule has 0 spiro atoms. The molecule has 16 heteroatoms. The van der Waals surface area contributed by atoms with E-state index in [1.807, 2.05) is 36.4 Å². The van der Waals surface area contributed by atoms with Crippen LogP contribution in [0.4, 0.5) is 31.7 Å². The zero-order chi connectivity index (χ0) is 45.5. The number of carbonyl (C=O) groups excluding carboxylic acids is 4. The van der Waals surface area contributed by atoms with E-state index < -0.39 is 11.6 Å². The van der Waals surface area contributed by atoms with Crippen molar-refractivity contribution in [3.8, 4) is 0 Å². The number of aldehydes is 1. The number of piperazine rings is 1. The number of nitrogens with zero attached hydrogens (tertiary/aromatic N) is 3. The first-order valence-electron chi connectivity index (χ1n) is 22.6. The lowest BCUT2D eigenvalue weighted by atomic mass is 10.0. The van der Waals surface area contributed by atoms with Gasteiger partial charge in [0.15, 0.2) is 12.1 Å². The number of aromatic amines is 1. The van der Waals surface area contributed by atoms with Crippen LogP contribution in [-0.4, -0.2) is 111 Å². The second-order valence-electron chi connectivity index (χ2n) is 16.8. The van der Waals surface area contributed by atoms with Gasteiger partial charge in [0.25, 0.3) is 5.91 Å². The first-order valence-corrected chi connectivity index (χ1v) is 22.6. The molecule has 14 nitrogen and oxygen atoms in total. The van der Waals surface area contributed by atoms with Crippen molar-refractivity contribution in [1.29, 1.82) is 0 Å². The maximum Gasteiger partial charge on any atom is 0.251 e. The van der Waals surface area contributed by atoms with Crippen molar-refractivity contribution >= 4 is 57.8 Å². The number of rotatable bonds is 17. The molecule has 4 aromatic carbocycles. The van der Waals surface area contributed by atoms with Gasteiger partial charge in [-0.25, -0.2) is 8.78 Å². The molecular weight excluding hydrogens is 833 g/mol. The quantitative estimate of drug-likeness (QED) is 0.0326. The number of carbonyl (C=O) groups is 4. The molecule has 8 rings (SSSR count). The van der Waals surface area contributed by atoms with Crippen LogP contribution in [0.25, 0.3) is 10.9 Å². The van der Waals surface area contributed by atoms with Crippen molar-refractivity contribution in [1.82, 2.24) is 25.7 Å². The molecule has 1 aromatic heterocycles. The highest BCUT2D eigenvalue weighted by atomic mass is 19.1. The highest BCUT2D eigenvalue weighted by molar-refractivity contribution is 6.01. The molecule has 0 bridgehead atoms. The minimum Gasteiger partial charge on any atom is -0.382 e. The summed E-state index contributed by atoms with van der Waals surface area (Å²) in [5.74, 6) is -0.965. The highest BCUT2D eigenvalue weighted by Crippen LogP contribution is 2.25. The summed E-state index contributed by atoms with van der Waals surface area (Å²) in [6.07, 6.45) is 8.22. The maximum absolute atomic E-state index is 13.2.